The van der Waals surface area contributed by atoms with E-state index in [0.29, 0.717) is 0 Å². The van der Waals surface area contributed by atoms with Crippen LogP contribution >= 0.6 is 0 Å². The monoisotopic (exact) mass is 234 g/mol. The van der Waals surface area contributed by atoms with E-state index < -0.39 is 0 Å². The molecule has 1 aromatic carbocycles. The molecule has 0 amide bonds. The summed E-state index contributed by atoms with van der Waals surface area (Å²) in [7, 11) is 1.80. The molecule has 0 saturated heterocycles. The lowest BCUT2D eigenvalue weighted by molar-refractivity contribution is 0.403. The molecule has 1 heteroatoms. The normalized spacial score (nSPS) is 10.6. The van der Waals surface area contributed by atoms with Gasteiger partial charge >= 0.3 is 0 Å². The van der Waals surface area contributed by atoms with Crippen molar-refractivity contribution in [1.29, 1.82) is 0 Å². The molecule has 1 nitrogen and oxygen atoms in total. The zero-order chi connectivity index (χ0) is 12.7. The molecule has 0 unspecified atom stereocenters. The number of hydrogen-bond acceptors (Lipinski definition) is 1. The van der Waals surface area contributed by atoms with Gasteiger partial charge in [0.05, 0.1) is 7.11 Å². The maximum Gasteiger partial charge on any atom is 0.125 e. The van der Waals surface area contributed by atoms with E-state index in [1.165, 1.54) is 42.4 Å². The van der Waals surface area contributed by atoms with Gasteiger partial charge in [0.25, 0.3) is 0 Å². The van der Waals surface area contributed by atoms with Crippen molar-refractivity contribution in [3.63, 3.8) is 0 Å². The number of aryl methyl sites for hydroxylation is 3. The summed E-state index contributed by atoms with van der Waals surface area (Å²) in [5.41, 5.74) is 4.26. The number of rotatable bonds is 7. The van der Waals surface area contributed by atoms with Crippen LogP contribution in [-0.2, 0) is 19.3 Å². The third-order valence-corrected chi connectivity index (χ3v) is 3.08. The van der Waals surface area contributed by atoms with Crippen LogP contribution in [0.25, 0.3) is 0 Å². The maximum atomic E-state index is 5.61. The molecule has 1 aromatic rings. The summed E-state index contributed by atoms with van der Waals surface area (Å²) < 4.78 is 5.61. The van der Waals surface area contributed by atoms with E-state index in [0.717, 1.165) is 18.6 Å². The molecule has 0 saturated carbocycles. The highest BCUT2D eigenvalue weighted by Crippen LogP contribution is 2.28. The molecule has 1 rings (SSSR count). The first-order valence-corrected chi connectivity index (χ1v) is 6.95. The molecule has 96 valence electrons. The summed E-state index contributed by atoms with van der Waals surface area (Å²) in [5, 5.41) is 0. The Bertz CT molecular complexity index is 314. The lowest BCUT2D eigenvalue weighted by Crippen LogP contribution is -2.00. The second-order valence-corrected chi connectivity index (χ2v) is 4.70. The van der Waals surface area contributed by atoms with Crippen molar-refractivity contribution in [3.05, 3.63) is 28.8 Å². The van der Waals surface area contributed by atoms with Gasteiger partial charge in [-0.3, -0.25) is 0 Å². The molecular weight excluding hydrogens is 208 g/mol. The Hall–Kier alpha value is -0.980. The largest absolute Gasteiger partial charge is 0.496 e. The summed E-state index contributed by atoms with van der Waals surface area (Å²) in [6, 6.07) is 4.68. The van der Waals surface area contributed by atoms with Crippen LogP contribution in [0.3, 0.4) is 0 Å². The minimum Gasteiger partial charge on any atom is -0.496 e. The first-order chi connectivity index (χ1) is 8.26. The van der Waals surface area contributed by atoms with Crippen molar-refractivity contribution in [2.45, 2.75) is 59.3 Å². The van der Waals surface area contributed by atoms with Crippen LogP contribution < -0.4 is 4.74 Å². The van der Waals surface area contributed by atoms with E-state index in [1.807, 2.05) is 0 Å². The molecular formula is C16H26O. The molecule has 0 radical (unpaired) electrons. The molecule has 0 fully saturated rings. The zero-order valence-corrected chi connectivity index (χ0v) is 11.8. The topological polar surface area (TPSA) is 9.23 Å². The van der Waals surface area contributed by atoms with Crippen molar-refractivity contribution < 1.29 is 4.74 Å². The summed E-state index contributed by atoms with van der Waals surface area (Å²) in [4.78, 5) is 0. The molecule has 0 aromatic heterocycles. The van der Waals surface area contributed by atoms with Crippen molar-refractivity contribution >= 4 is 0 Å². The van der Waals surface area contributed by atoms with E-state index >= 15 is 0 Å². The van der Waals surface area contributed by atoms with Crippen LogP contribution in [0.5, 0.6) is 5.75 Å². The molecule has 0 spiro atoms. The van der Waals surface area contributed by atoms with Crippen molar-refractivity contribution in [1.82, 2.24) is 0 Å². The zero-order valence-electron chi connectivity index (χ0n) is 11.8. The van der Waals surface area contributed by atoms with Crippen LogP contribution in [0.1, 0.15) is 56.7 Å². The molecule has 0 heterocycles. The first-order valence-electron chi connectivity index (χ1n) is 6.95. The van der Waals surface area contributed by atoms with Gasteiger partial charge in [-0.2, -0.15) is 0 Å². The third-order valence-electron chi connectivity index (χ3n) is 3.08. The summed E-state index contributed by atoms with van der Waals surface area (Å²) in [6.45, 7) is 6.69. The molecule has 17 heavy (non-hydrogen) atoms. The van der Waals surface area contributed by atoms with Crippen LogP contribution in [0.15, 0.2) is 12.1 Å². The van der Waals surface area contributed by atoms with E-state index in [9.17, 15) is 0 Å². The Morgan fingerprint density at radius 2 is 1.29 bits per heavy atom. The van der Waals surface area contributed by atoms with Crippen molar-refractivity contribution in [3.8, 4) is 5.75 Å². The lowest BCUT2D eigenvalue weighted by atomic mass is 9.96. The van der Waals surface area contributed by atoms with Crippen molar-refractivity contribution in [2.75, 3.05) is 7.11 Å². The Morgan fingerprint density at radius 3 is 1.65 bits per heavy atom. The Morgan fingerprint density at radius 1 is 0.824 bits per heavy atom. The number of benzene rings is 1. The summed E-state index contributed by atoms with van der Waals surface area (Å²) in [5.74, 6) is 1.13. The summed E-state index contributed by atoms with van der Waals surface area (Å²) in [6.07, 6.45) is 6.99. The molecule has 0 atom stereocenters. The van der Waals surface area contributed by atoms with Gasteiger partial charge in [-0.25, -0.2) is 0 Å². The highest BCUT2D eigenvalue weighted by molar-refractivity contribution is 5.45. The van der Waals surface area contributed by atoms with Gasteiger partial charge in [0.15, 0.2) is 0 Å². The van der Waals surface area contributed by atoms with E-state index in [2.05, 4.69) is 32.9 Å². The van der Waals surface area contributed by atoms with Gasteiger partial charge in [-0.05, 0) is 36.0 Å². The van der Waals surface area contributed by atoms with Crippen LogP contribution in [0.4, 0.5) is 0 Å². The molecule has 0 aliphatic carbocycles. The highest BCUT2D eigenvalue weighted by Gasteiger charge is 2.10. The SMILES string of the molecule is CCCc1cc(CCC)c(OC)c(CCC)c1. The quantitative estimate of drug-likeness (QED) is 0.672. The summed E-state index contributed by atoms with van der Waals surface area (Å²) >= 11 is 0. The lowest BCUT2D eigenvalue weighted by Gasteiger charge is -2.15. The van der Waals surface area contributed by atoms with Gasteiger partial charge in [0.1, 0.15) is 5.75 Å². The average molecular weight is 234 g/mol. The predicted molar refractivity (Wildman–Crippen MR) is 75.0 cm³/mol. The Kier molecular flexibility index (Phi) is 6.10. The second-order valence-electron chi connectivity index (χ2n) is 4.70. The Balaban J connectivity index is 3.14. The maximum absolute atomic E-state index is 5.61. The number of ether oxygens (including phenoxy) is 1. The van der Waals surface area contributed by atoms with Gasteiger partial charge in [0, 0.05) is 0 Å². The van der Waals surface area contributed by atoms with Crippen LogP contribution in [-0.4, -0.2) is 7.11 Å². The van der Waals surface area contributed by atoms with Gasteiger partial charge < -0.3 is 4.74 Å². The van der Waals surface area contributed by atoms with E-state index in [1.54, 1.807) is 7.11 Å². The minimum absolute atomic E-state index is 1.12. The van der Waals surface area contributed by atoms with Crippen LogP contribution in [0, 0.1) is 0 Å². The number of hydrogen-bond donors (Lipinski definition) is 0. The van der Waals surface area contributed by atoms with Gasteiger partial charge in [-0.1, -0.05) is 52.2 Å². The minimum atomic E-state index is 1.12. The fourth-order valence-corrected chi connectivity index (χ4v) is 2.43. The van der Waals surface area contributed by atoms with Crippen molar-refractivity contribution in [2.24, 2.45) is 0 Å². The average Bonchev–Trinajstić information content (AvgIpc) is 2.30. The van der Waals surface area contributed by atoms with Crippen LogP contribution in [0.2, 0.25) is 0 Å². The molecule has 0 aliphatic heterocycles. The molecule has 0 bridgehead atoms. The third kappa shape index (κ3) is 3.76. The Labute approximate surface area is 106 Å². The van der Waals surface area contributed by atoms with E-state index in [4.69, 9.17) is 4.74 Å². The first kappa shape index (κ1) is 14.1. The number of methoxy groups -OCH3 is 1. The van der Waals surface area contributed by atoms with Gasteiger partial charge in [-0.15, -0.1) is 0 Å². The predicted octanol–water partition coefficient (Wildman–Crippen LogP) is 4.55. The smallest absolute Gasteiger partial charge is 0.125 e. The second kappa shape index (κ2) is 7.37. The van der Waals surface area contributed by atoms with Gasteiger partial charge in [0.2, 0.25) is 0 Å². The van der Waals surface area contributed by atoms with E-state index in [-0.39, 0.29) is 0 Å². The molecule has 0 aliphatic rings. The fourth-order valence-electron chi connectivity index (χ4n) is 2.43. The fraction of sp³-hybridized carbons (Fsp3) is 0.625. The molecule has 0 N–H and O–H groups in total. The standard InChI is InChI=1S/C16H26O/c1-5-8-13-11-14(9-6-2)16(17-4)15(12-13)10-7-3/h11-12H,5-10H2,1-4H3. The highest BCUT2D eigenvalue weighted by atomic mass is 16.5.